The van der Waals surface area contributed by atoms with E-state index in [4.69, 9.17) is 0 Å². The Bertz CT molecular complexity index is 1090. The van der Waals surface area contributed by atoms with Crippen molar-refractivity contribution >= 4 is 0 Å². The molecule has 238 valence electrons. The van der Waals surface area contributed by atoms with Crippen molar-refractivity contribution in [2.75, 3.05) is 0 Å². The van der Waals surface area contributed by atoms with Gasteiger partial charge >= 0.3 is 0 Å². The summed E-state index contributed by atoms with van der Waals surface area (Å²) in [5.74, 6) is 2.01. The third-order valence-electron chi connectivity index (χ3n) is 9.01. The molecular formula is C40H63N3. The van der Waals surface area contributed by atoms with Crippen LogP contribution in [0.2, 0.25) is 0 Å². The molecule has 0 radical (unpaired) electrons. The van der Waals surface area contributed by atoms with Crippen LogP contribution in [0.4, 0.5) is 0 Å². The zero-order valence-electron chi connectivity index (χ0n) is 28.4. The van der Waals surface area contributed by atoms with Crippen LogP contribution in [0.5, 0.6) is 0 Å². The number of benzene rings is 2. The van der Waals surface area contributed by atoms with E-state index in [-0.39, 0.29) is 5.41 Å². The summed E-state index contributed by atoms with van der Waals surface area (Å²) in [4.78, 5) is 0. The molecule has 43 heavy (non-hydrogen) atoms. The number of nitrogens with zero attached hydrogens (tertiary/aromatic N) is 3. The standard InChI is InChI=1S/C40H63N3/c1-5-6-7-8-9-10-11-12-13-14-15-16-17-18-19-20-21-22-23-27-30-38-41-42-39(43(38)37-28-25-24-26-29-37)35-31-33-36(34-32-35)40(2,3)4/h24-26,28-29,31-34H,5-23,27,30H2,1-4H3. The van der Waals surface area contributed by atoms with Gasteiger partial charge in [0.1, 0.15) is 5.82 Å². The minimum Gasteiger partial charge on any atom is -0.279 e. The normalized spacial score (nSPS) is 11.8. The third-order valence-corrected chi connectivity index (χ3v) is 9.01. The number of aromatic nitrogens is 3. The molecule has 3 heteroatoms. The van der Waals surface area contributed by atoms with Gasteiger partial charge in [-0.2, -0.15) is 0 Å². The molecule has 0 amide bonds. The highest BCUT2D eigenvalue weighted by molar-refractivity contribution is 5.59. The number of para-hydroxylation sites is 1. The van der Waals surface area contributed by atoms with Gasteiger partial charge in [0, 0.05) is 17.7 Å². The van der Waals surface area contributed by atoms with Crippen LogP contribution >= 0.6 is 0 Å². The van der Waals surface area contributed by atoms with E-state index in [1.807, 2.05) is 0 Å². The summed E-state index contributed by atoms with van der Waals surface area (Å²) < 4.78 is 2.27. The van der Waals surface area contributed by atoms with E-state index in [0.29, 0.717) is 0 Å². The first-order valence-electron chi connectivity index (χ1n) is 18.1. The largest absolute Gasteiger partial charge is 0.279 e. The Labute approximate surface area is 265 Å². The van der Waals surface area contributed by atoms with Gasteiger partial charge in [-0.05, 0) is 29.5 Å². The summed E-state index contributed by atoms with van der Waals surface area (Å²) in [6, 6.07) is 19.5. The molecule has 0 aliphatic rings. The molecule has 0 bridgehead atoms. The SMILES string of the molecule is CCCCCCCCCCCCCCCCCCCCCCc1nnc(-c2ccc(C(C)(C)C)cc2)n1-c1ccccc1. The van der Waals surface area contributed by atoms with E-state index in [2.05, 4.69) is 97.1 Å². The monoisotopic (exact) mass is 586 g/mol. The summed E-state index contributed by atoms with van der Waals surface area (Å²) in [6.07, 6.45) is 29.2. The number of hydrogen-bond donors (Lipinski definition) is 0. The molecule has 0 saturated carbocycles. The Kier molecular flexibility index (Phi) is 16.7. The molecule has 0 unspecified atom stereocenters. The average molecular weight is 586 g/mol. The van der Waals surface area contributed by atoms with E-state index in [0.717, 1.165) is 29.3 Å². The Balaban J connectivity index is 1.27. The number of unbranched alkanes of at least 4 members (excludes halogenated alkanes) is 19. The third kappa shape index (κ3) is 13.4. The zero-order chi connectivity index (χ0) is 30.6. The van der Waals surface area contributed by atoms with Gasteiger partial charge in [0.15, 0.2) is 5.82 Å². The maximum absolute atomic E-state index is 4.67. The predicted octanol–water partition coefficient (Wildman–Crippen LogP) is 12.6. The van der Waals surface area contributed by atoms with Gasteiger partial charge in [-0.1, -0.05) is 192 Å². The second kappa shape index (κ2) is 20.5. The first kappa shape index (κ1) is 35.1. The first-order chi connectivity index (χ1) is 21.0. The molecule has 0 saturated heterocycles. The highest BCUT2D eigenvalue weighted by Gasteiger charge is 2.17. The predicted molar refractivity (Wildman–Crippen MR) is 187 cm³/mol. The molecule has 3 nitrogen and oxygen atoms in total. The fraction of sp³-hybridized carbons (Fsp3) is 0.650. The van der Waals surface area contributed by atoms with Crippen LogP contribution in [0, 0.1) is 0 Å². The van der Waals surface area contributed by atoms with Crippen molar-refractivity contribution in [1.29, 1.82) is 0 Å². The minimum absolute atomic E-state index is 0.142. The first-order valence-corrected chi connectivity index (χ1v) is 18.1. The summed E-state index contributed by atoms with van der Waals surface area (Å²) in [7, 11) is 0. The van der Waals surface area contributed by atoms with Crippen LogP contribution in [0.15, 0.2) is 54.6 Å². The Hall–Kier alpha value is -2.42. The van der Waals surface area contributed by atoms with Crippen molar-refractivity contribution in [3.05, 3.63) is 66.0 Å². The van der Waals surface area contributed by atoms with Gasteiger partial charge in [-0.15, -0.1) is 10.2 Å². The van der Waals surface area contributed by atoms with Gasteiger partial charge in [-0.25, -0.2) is 0 Å². The Morgan fingerprint density at radius 2 is 0.953 bits per heavy atom. The summed E-state index contributed by atoms with van der Waals surface area (Å²) in [5, 5.41) is 9.34. The van der Waals surface area contributed by atoms with Crippen LogP contribution in [0.1, 0.15) is 167 Å². The van der Waals surface area contributed by atoms with Crippen molar-refractivity contribution < 1.29 is 0 Å². The lowest BCUT2D eigenvalue weighted by atomic mass is 9.86. The molecular weight excluding hydrogens is 522 g/mol. The minimum atomic E-state index is 0.142. The molecule has 0 N–H and O–H groups in total. The second-order valence-corrected chi connectivity index (χ2v) is 13.9. The van der Waals surface area contributed by atoms with E-state index in [1.165, 1.54) is 134 Å². The van der Waals surface area contributed by atoms with Crippen molar-refractivity contribution in [1.82, 2.24) is 14.8 Å². The molecule has 0 spiro atoms. The molecule has 0 atom stereocenters. The van der Waals surface area contributed by atoms with Crippen LogP contribution in [-0.4, -0.2) is 14.8 Å². The summed E-state index contributed by atoms with van der Waals surface area (Å²) in [6.45, 7) is 9.07. The van der Waals surface area contributed by atoms with Crippen molar-refractivity contribution in [3.63, 3.8) is 0 Å². The topological polar surface area (TPSA) is 30.7 Å². The lowest BCUT2D eigenvalue weighted by Crippen LogP contribution is -2.10. The van der Waals surface area contributed by atoms with Gasteiger partial charge < -0.3 is 0 Å². The van der Waals surface area contributed by atoms with Gasteiger partial charge in [0.25, 0.3) is 0 Å². The van der Waals surface area contributed by atoms with E-state index in [1.54, 1.807) is 0 Å². The molecule has 2 aromatic carbocycles. The van der Waals surface area contributed by atoms with E-state index in [9.17, 15) is 0 Å². The van der Waals surface area contributed by atoms with Crippen molar-refractivity contribution in [2.45, 2.75) is 168 Å². The second-order valence-electron chi connectivity index (χ2n) is 13.9. The highest BCUT2D eigenvalue weighted by atomic mass is 15.3. The smallest absolute Gasteiger partial charge is 0.168 e. The molecule has 1 heterocycles. The molecule has 0 aliphatic heterocycles. The van der Waals surface area contributed by atoms with Crippen LogP contribution in [0.25, 0.3) is 17.1 Å². The zero-order valence-corrected chi connectivity index (χ0v) is 28.4. The number of hydrogen-bond acceptors (Lipinski definition) is 2. The van der Waals surface area contributed by atoms with Crippen LogP contribution in [-0.2, 0) is 11.8 Å². The number of rotatable bonds is 23. The van der Waals surface area contributed by atoms with E-state index < -0.39 is 0 Å². The fourth-order valence-corrected chi connectivity index (χ4v) is 6.17. The average Bonchev–Trinajstić information content (AvgIpc) is 3.44. The Morgan fingerprint density at radius 1 is 0.512 bits per heavy atom. The highest BCUT2D eigenvalue weighted by Crippen LogP contribution is 2.28. The lowest BCUT2D eigenvalue weighted by Gasteiger charge is -2.19. The maximum atomic E-state index is 4.67. The fourth-order valence-electron chi connectivity index (χ4n) is 6.17. The van der Waals surface area contributed by atoms with E-state index >= 15 is 0 Å². The van der Waals surface area contributed by atoms with Gasteiger partial charge in [-0.3, -0.25) is 4.57 Å². The summed E-state index contributed by atoms with van der Waals surface area (Å²) in [5.41, 5.74) is 3.75. The summed E-state index contributed by atoms with van der Waals surface area (Å²) >= 11 is 0. The van der Waals surface area contributed by atoms with Crippen molar-refractivity contribution in [2.24, 2.45) is 0 Å². The number of aryl methyl sites for hydroxylation is 1. The van der Waals surface area contributed by atoms with Crippen molar-refractivity contribution in [3.8, 4) is 17.1 Å². The quantitative estimate of drug-likeness (QED) is 0.104. The molecule has 1 aromatic heterocycles. The molecule has 3 aromatic rings. The van der Waals surface area contributed by atoms with Gasteiger partial charge in [0.05, 0.1) is 0 Å². The molecule has 3 rings (SSSR count). The lowest BCUT2D eigenvalue weighted by molar-refractivity contribution is 0.521. The maximum Gasteiger partial charge on any atom is 0.168 e. The molecule has 0 fully saturated rings. The Morgan fingerprint density at radius 3 is 1.40 bits per heavy atom. The molecule has 0 aliphatic carbocycles. The van der Waals surface area contributed by atoms with Crippen LogP contribution < -0.4 is 0 Å². The van der Waals surface area contributed by atoms with Gasteiger partial charge in [0.2, 0.25) is 0 Å². The van der Waals surface area contributed by atoms with Crippen LogP contribution in [0.3, 0.4) is 0 Å².